The number of sulfonamides is 1. The fourth-order valence-corrected chi connectivity index (χ4v) is 3.33. The summed E-state index contributed by atoms with van der Waals surface area (Å²) in [5, 5.41) is 15.3. The molecule has 2 rings (SSSR count). The van der Waals surface area contributed by atoms with Crippen molar-refractivity contribution in [2.45, 2.75) is 17.9 Å². The summed E-state index contributed by atoms with van der Waals surface area (Å²) in [5.41, 5.74) is 0.511. The summed E-state index contributed by atoms with van der Waals surface area (Å²) in [6.07, 6.45) is 0.847. The molecule has 8 heteroatoms. The van der Waals surface area contributed by atoms with Crippen molar-refractivity contribution in [3.63, 3.8) is 0 Å². The van der Waals surface area contributed by atoms with Crippen molar-refractivity contribution in [3.05, 3.63) is 11.9 Å². The number of nitrogens with one attached hydrogen (secondary N) is 1. The van der Waals surface area contributed by atoms with E-state index in [0.29, 0.717) is 18.8 Å². The highest BCUT2D eigenvalue weighted by molar-refractivity contribution is 7.89. The van der Waals surface area contributed by atoms with Gasteiger partial charge in [0.15, 0.2) is 0 Å². The van der Waals surface area contributed by atoms with Crippen LogP contribution in [0.15, 0.2) is 11.1 Å². The first-order valence-corrected chi connectivity index (χ1v) is 6.72. The second-order valence-corrected chi connectivity index (χ2v) is 5.80. The monoisotopic (exact) mass is 261 g/mol. The topological polar surface area (TPSA) is 95.5 Å². The number of H-pyrrole nitrogens is 1. The summed E-state index contributed by atoms with van der Waals surface area (Å²) in [6.45, 7) is 2.23. The molecule has 1 unspecified atom stereocenters. The van der Waals surface area contributed by atoms with Gasteiger partial charge in [-0.25, -0.2) is 8.42 Å². The molecule has 0 radical (unpaired) electrons. The highest BCUT2D eigenvalue weighted by Gasteiger charge is 2.32. The summed E-state index contributed by atoms with van der Waals surface area (Å²) in [6, 6.07) is 0. The Balaban J connectivity index is 2.24. The van der Waals surface area contributed by atoms with Crippen LogP contribution in [0.3, 0.4) is 0 Å². The minimum absolute atomic E-state index is 0.170. The molecule has 7 nitrogen and oxygen atoms in total. The number of rotatable bonds is 3. The third kappa shape index (κ3) is 2.34. The van der Waals surface area contributed by atoms with E-state index < -0.39 is 16.1 Å². The number of aliphatic hydroxyl groups is 1. The van der Waals surface area contributed by atoms with Gasteiger partial charge in [-0.2, -0.15) is 9.40 Å². The number of morpholine rings is 1. The Morgan fingerprint density at radius 1 is 1.71 bits per heavy atom. The third-order valence-electron chi connectivity index (χ3n) is 2.71. The number of hydrogen-bond donors (Lipinski definition) is 2. The van der Waals surface area contributed by atoms with E-state index >= 15 is 0 Å². The summed E-state index contributed by atoms with van der Waals surface area (Å²) >= 11 is 0. The van der Waals surface area contributed by atoms with Crippen molar-refractivity contribution in [2.24, 2.45) is 0 Å². The molecule has 1 aliphatic rings. The Kier molecular flexibility index (Phi) is 3.48. The van der Waals surface area contributed by atoms with Gasteiger partial charge in [0.25, 0.3) is 0 Å². The molecular weight excluding hydrogens is 246 g/mol. The lowest BCUT2D eigenvalue weighted by molar-refractivity contribution is -0.0304. The summed E-state index contributed by atoms with van der Waals surface area (Å²) in [5.74, 6) is 0. The minimum atomic E-state index is -3.54. The van der Waals surface area contributed by atoms with Gasteiger partial charge in [0.2, 0.25) is 10.0 Å². The Bertz CT molecular complexity index is 484. The van der Waals surface area contributed by atoms with E-state index in [1.54, 1.807) is 6.92 Å². The Morgan fingerprint density at radius 3 is 3.06 bits per heavy atom. The summed E-state index contributed by atoms with van der Waals surface area (Å²) < 4.78 is 31.1. The maximum Gasteiger partial charge on any atom is 0.246 e. The molecule has 1 aromatic heterocycles. The van der Waals surface area contributed by atoms with Crippen molar-refractivity contribution in [1.82, 2.24) is 14.5 Å². The van der Waals surface area contributed by atoms with Crippen LogP contribution in [0.1, 0.15) is 5.69 Å². The first kappa shape index (κ1) is 12.5. The van der Waals surface area contributed by atoms with Crippen LogP contribution in [0.2, 0.25) is 0 Å². The second kappa shape index (κ2) is 4.73. The molecule has 0 spiro atoms. The Hall–Kier alpha value is -0.960. The molecular formula is C9H15N3O4S. The first-order valence-electron chi connectivity index (χ1n) is 5.28. The van der Waals surface area contributed by atoms with Gasteiger partial charge in [0.1, 0.15) is 4.90 Å². The van der Waals surface area contributed by atoms with Gasteiger partial charge in [-0.1, -0.05) is 0 Å². The third-order valence-corrected chi connectivity index (χ3v) is 4.69. The molecule has 2 heterocycles. The Labute approximate surface area is 99.4 Å². The standard InChI is InChI=1S/C9H15N3O4S/c1-7-9(4-10-11-7)17(14,15)12-2-3-16-8(5-12)6-13/h4,8,13H,2-3,5-6H2,1H3,(H,10,11). The van der Waals surface area contributed by atoms with Gasteiger partial charge in [0.05, 0.1) is 31.2 Å². The van der Waals surface area contributed by atoms with E-state index in [0.717, 1.165) is 0 Å². The van der Waals surface area contributed by atoms with Crippen LogP contribution in [-0.2, 0) is 14.8 Å². The molecule has 17 heavy (non-hydrogen) atoms. The molecule has 0 amide bonds. The lowest BCUT2D eigenvalue weighted by Gasteiger charge is -2.30. The number of nitrogens with zero attached hydrogens (tertiary/aromatic N) is 2. The molecule has 96 valence electrons. The maximum absolute atomic E-state index is 12.3. The number of ether oxygens (including phenoxy) is 1. The fraction of sp³-hybridized carbons (Fsp3) is 0.667. The van der Waals surface area contributed by atoms with E-state index in [9.17, 15) is 8.42 Å². The average Bonchev–Trinajstić information content (AvgIpc) is 2.76. The van der Waals surface area contributed by atoms with Crippen LogP contribution in [0.4, 0.5) is 0 Å². The number of hydrogen-bond acceptors (Lipinski definition) is 5. The smallest absolute Gasteiger partial charge is 0.246 e. The lowest BCUT2D eigenvalue weighted by Crippen LogP contribution is -2.46. The van der Waals surface area contributed by atoms with E-state index in [1.165, 1.54) is 10.5 Å². The number of aliphatic hydroxyl groups excluding tert-OH is 1. The second-order valence-electron chi connectivity index (χ2n) is 3.90. The van der Waals surface area contributed by atoms with Gasteiger partial charge < -0.3 is 9.84 Å². The van der Waals surface area contributed by atoms with Crippen LogP contribution in [0, 0.1) is 6.92 Å². The molecule has 1 saturated heterocycles. The summed E-state index contributed by atoms with van der Waals surface area (Å²) in [4.78, 5) is 0.177. The molecule has 1 aliphatic heterocycles. The van der Waals surface area contributed by atoms with Gasteiger partial charge >= 0.3 is 0 Å². The van der Waals surface area contributed by atoms with Crippen LogP contribution in [-0.4, -0.2) is 60.4 Å². The minimum Gasteiger partial charge on any atom is -0.394 e. The normalized spacial score (nSPS) is 22.8. The van der Waals surface area contributed by atoms with Gasteiger partial charge in [-0.15, -0.1) is 0 Å². The largest absolute Gasteiger partial charge is 0.394 e. The Morgan fingerprint density at radius 2 is 2.47 bits per heavy atom. The molecule has 0 aliphatic carbocycles. The first-order chi connectivity index (χ1) is 8.05. The van der Waals surface area contributed by atoms with E-state index in [-0.39, 0.29) is 18.0 Å². The van der Waals surface area contributed by atoms with Crippen LogP contribution >= 0.6 is 0 Å². The van der Waals surface area contributed by atoms with Crippen molar-refractivity contribution in [1.29, 1.82) is 0 Å². The fourth-order valence-electron chi connectivity index (χ4n) is 1.76. The SMILES string of the molecule is Cc1[nH]ncc1S(=O)(=O)N1CCOC(CO)C1. The van der Waals surface area contributed by atoms with Crippen LogP contribution < -0.4 is 0 Å². The zero-order valence-corrected chi connectivity index (χ0v) is 10.3. The van der Waals surface area contributed by atoms with Crippen molar-refractivity contribution in [2.75, 3.05) is 26.3 Å². The lowest BCUT2D eigenvalue weighted by atomic mass is 10.3. The highest BCUT2D eigenvalue weighted by Crippen LogP contribution is 2.20. The van der Waals surface area contributed by atoms with Crippen LogP contribution in [0.25, 0.3) is 0 Å². The molecule has 1 aromatic rings. The molecule has 1 fully saturated rings. The highest BCUT2D eigenvalue weighted by atomic mass is 32.2. The quantitative estimate of drug-likeness (QED) is 0.735. The predicted molar refractivity (Wildman–Crippen MR) is 58.9 cm³/mol. The molecule has 0 bridgehead atoms. The molecule has 0 saturated carbocycles. The van der Waals surface area contributed by atoms with Crippen LogP contribution in [0.5, 0.6) is 0 Å². The zero-order chi connectivity index (χ0) is 12.5. The predicted octanol–water partition coefficient (Wildman–Crippen LogP) is -0.900. The molecule has 1 atom stereocenters. The van der Waals surface area contributed by atoms with E-state index in [1.807, 2.05) is 0 Å². The van der Waals surface area contributed by atoms with Gasteiger partial charge in [-0.05, 0) is 6.92 Å². The van der Waals surface area contributed by atoms with Gasteiger partial charge in [0, 0.05) is 13.1 Å². The number of aromatic amines is 1. The van der Waals surface area contributed by atoms with Gasteiger partial charge in [-0.3, -0.25) is 5.10 Å². The number of aromatic nitrogens is 2. The maximum atomic E-state index is 12.3. The van der Waals surface area contributed by atoms with E-state index in [2.05, 4.69) is 10.2 Å². The average molecular weight is 261 g/mol. The number of aryl methyl sites for hydroxylation is 1. The van der Waals surface area contributed by atoms with Crippen molar-refractivity contribution < 1.29 is 18.3 Å². The van der Waals surface area contributed by atoms with E-state index in [4.69, 9.17) is 9.84 Å². The molecule has 2 N–H and O–H groups in total. The van der Waals surface area contributed by atoms with Crippen molar-refractivity contribution in [3.8, 4) is 0 Å². The van der Waals surface area contributed by atoms with Crippen molar-refractivity contribution >= 4 is 10.0 Å². The molecule has 0 aromatic carbocycles. The zero-order valence-electron chi connectivity index (χ0n) is 9.46. The summed E-state index contributed by atoms with van der Waals surface area (Å²) in [7, 11) is -3.54.